The summed E-state index contributed by atoms with van der Waals surface area (Å²) in [5.74, 6) is -2.42. The second kappa shape index (κ2) is 7.02. The monoisotopic (exact) mass is 374 g/mol. The van der Waals surface area contributed by atoms with E-state index in [1.54, 1.807) is 13.8 Å². The van der Waals surface area contributed by atoms with Crippen LogP contribution >= 0.6 is 0 Å². The van der Waals surface area contributed by atoms with Gasteiger partial charge in [-0.1, -0.05) is 13.8 Å². The second-order valence-electron chi connectivity index (χ2n) is 6.88. The predicted octanol–water partition coefficient (Wildman–Crippen LogP) is 2.30. The van der Waals surface area contributed by atoms with Crippen LogP contribution in [0.25, 0.3) is 10.9 Å². The summed E-state index contributed by atoms with van der Waals surface area (Å²) in [5, 5.41) is 2.43. The van der Waals surface area contributed by atoms with Gasteiger partial charge < -0.3 is 5.32 Å². The second-order valence-corrected chi connectivity index (χ2v) is 6.88. The lowest BCUT2D eigenvalue weighted by molar-refractivity contribution is -0.132. The molecule has 1 heterocycles. The zero-order valence-electron chi connectivity index (χ0n) is 16.3. The minimum atomic E-state index is -1.97. The van der Waals surface area contributed by atoms with E-state index in [4.69, 9.17) is 1.37 Å². The minimum Gasteiger partial charge on any atom is -0.325 e. The van der Waals surface area contributed by atoms with Crippen LogP contribution < -0.4 is 10.9 Å². The first-order valence-electron chi connectivity index (χ1n) is 9.14. The van der Waals surface area contributed by atoms with Gasteiger partial charge in [-0.3, -0.25) is 23.7 Å². The van der Waals surface area contributed by atoms with Gasteiger partial charge in [0, 0.05) is 18.4 Å². The first-order chi connectivity index (χ1) is 13.0. The third-order valence-electron chi connectivity index (χ3n) is 4.48. The Labute approximate surface area is 156 Å². The van der Waals surface area contributed by atoms with E-state index >= 15 is 0 Å². The van der Waals surface area contributed by atoms with Crippen LogP contribution in [0.5, 0.6) is 0 Å². The van der Waals surface area contributed by atoms with Gasteiger partial charge in [0.1, 0.15) is 17.4 Å². The Balaban J connectivity index is 2.28. The molecule has 0 radical (unpaired) electrons. The lowest BCUT2D eigenvalue weighted by Gasteiger charge is -2.24. The molecular formula is C19H20FN3O4. The molecule has 8 heteroatoms. The number of carbonyl (C=O) groups excluding carboxylic acids is 3. The minimum absolute atomic E-state index is 0.000479. The fourth-order valence-electron chi connectivity index (χ4n) is 3.09. The molecule has 7 nitrogen and oxygen atoms in total. The Kier molecular flexibility index (Phi) is 4.55. The molecule has 0 unspecified atom stereocenters. The van der Waals surface area contributed by atoms with Crippen molar-refractivity contribution in [3.05, 3.63) is 34.1 Å². The Morgan fingerprint density at radius 3 is 2.70 bits per heavy atom. The topological polar surface area (TPSA) is 98.1 Å². The van der Waals surface area contributed by atoms with E-state index in [0.717, 1.165) is 16.7 Å². The van der Waals surface area contributed by atoms with Crippen molar-refractivity contribution < 1.29 is 20.1 Å². The highest BCUT2D eigenvalue weighted by Crippen LogP contribution is 2.26. The van der Waals surface area contributed by atoms with Crippen LogP contribution in [0.3, 0.4) is 0 Å². The molecule has 1 aromatic carbocycles. The van der Waals surface area contributed by atoms with Crippen LogP contribution in [0.15, 0.2) is 16.9 Å². The smallest absolute Gasteiger partial charge is 0.264 e. The molecule has 1 fully saturated rings. The largest absolute Gasteiger partial charge is 0.325 e. The Hall–Kier alpha value is -2.90. The summed E-state index contributed by atoms with van der Waals surface area (Å²) >= 11 is 0. The third kappa shape index (κ3) is 3.51. The number of hydrogen-bond donors (Lipinski definition) is 1. The lowest BCUT2D eigenvalue weighted by atomic mass is 9.92. The summed E-state index contributed by atoms with van der Waals surface area (Å²) in [6, 6.07) is 0.0973. The summed E-state index contributed by atoms with van der Waals surface area (Å²) in [6.45, 7) is 4.74. The predicted molar refractivity (Wildman–Crippen MR) is 97.1 cm³/mol. The van der Waals surface area contributed by atoms with E-state index in [2.05, 4.69) is 10.3 Å². The van der Waals surface area contributed by atoms with E-state index in [1.807, 2.05) is 0 Å². The van der Waals surface area contributed by atoms with Crippen molar-refractivity contribution in [1.82, 2.24) is 9.55 Å². The molecule has 0 spiro atoms. The van der Waals surface area contributed by atoms with E-state index < -0.39 is 41.4 Å². The number of rotatable bonds is 3. The molecule has 0 saturated heterocycles. The fourth-order valence-corrected chi connectivity index (χ4v) is 3.09. The van der Waals surface area contributed by atoms with E-state index in [0.29, 0.717) is 0 Å². The van der Waals surface area contributed by atoms with Crippen molar-refractivity contribution in [2.24, 2.45) is 5.92 Å². The van der Waals surface area contributed by atoms with E-state index in [1.165, 1.54) is 6.92 Å². The number of aromatic nitrogens is 2. The quantitative estimate of drug-likeness (QED) is 0.832. The van der Waals surface area contributed by atoms with Gasteiger partial charge in [0.15, 0.2) is 5.78 Å². The van der Waals surface area contributed by atoms with Gasteiger partial charge in [-0.2, -0.15) is 0 Å². The van der Waals surface area contributed by atoms with Crippen molar-refractivity contribution in [2.75, 3.05) is 5.32 Å². The molecule has 1 saturated carbocycles. The van der Waals surface area contributed by atoms with Crippen molar-refractivity contribution in [3.8, 4) is 0 Å². The van der Waals surface area contributed by atoms with Crippen LogP contribution in [0.4, 0.5) is 10.1 Å². The normalized spacial score (nSPS) is 20.9. The summed E-state index contributed by atoms with van der Waals surface area (Å²) in [5.41, 5.74) is -0.789. The van der Waals surface area contributed by atoms with Crippen LogP contribution in [-0.4, -0.2) is 27.0 Å². The van der Waals surface area contributed by atoms with Gasteiger partial charge in [-0.05, 0) is 19.4 Å². The number of hydrogen-bond acceptors (Lipinski definition) is 5. The number of halogens is 1. The zero-order valence-corrected chi connectivity index (χ0v) is 15.3. The first-order valence-corrected chi connectivity index (χ1v) is 8.64. The molecule has 1 aromatic heterocycles. The van der Waals surface area contributed by atoms with Gasteiger partial charge in [0.2, 0.25) is 5.91 Å². The number of nitrogens with zero attached hydrogens (tertiary/aromatic N) is 2. The first kappa shape index (κ1) is 17.5. The molecular weight excluding hydrogens is 353 g/mol. The van der Waals surface area contributed by atoms with Gasteiger partial charge in [-0.15, -0.1) is 0 Å². The molecule has 3 rings (SSSR count). The molecule has 2 aromatic rings. The summed E-state index contributed by atoms with van der Waals surface area (Å²) in [4.78, 5) is 53.5. The molecule has 1 aliphatic rings. The highest BCUT2D eigenvalue weighted by molar-refractivity contribution is 6.04. The average Bonchev–Trinajstić information content (AvgIpc) is 2.57. The average molecular weight is 374 g/mol. The summed E-state index contributed by atoms with van der Waals surface area (Å²) in [7, 11) is 0. The number of aryl methyl sites for hydroxylation is 1. The third-order valence-corrected chi connectivity index (χ3v) is 4.48. The number of amides is 1. The van der Waals surface area contributed by atoms with E-state index in [-0.39, 0.29) is 41.0 Å². The maximum absolute atomic E-state index is 14.0. The molecule has 1 aliphatic carbocycles. The van der Waals surface area contributed by atoms with Gasteiger partial charge >= 0.3 is 0 Å². The SMILES string of the molecule is [2H][C@]1(n2c(C)nc3cc(F)cc(NC(=O)C(C)C)c3c2=O)CCC(=O)CC1=O. The molecule has 0 aliphatic heterocycles. The molecule has 1 atom stereocenters. The number of ketones is 2. The maximum Gasteiger partial charge on any atom is 0.264 e. The molecule has 27 heavy (non-hydrogen) atoms. The standard InChI is InChI=1S/C19H20FN3O4/c1-9(2)18(26)22-14-7-11(20)6-13-17(14)19(27)23(10(3)21-13)15-5-4-12(24)8-16(15)25/h6-7,9,15H,4-5,8H2,1-3H3,(H,22,26)/t15-/m0/s1/i15D. The van der Waals surface area contributed by atoms with Gasteiger partial charge in [0.05, 0.1) is 30.4 Å². The van der Waals surface area contributed by atoms with Gasteiger partial charge in [-0.25, -0.2) is 9.37 Å². The van der Waals surface area contributed by atoms with Crippen molar-refractivity contribution in [1.29, 1.82) is 0 Å². The van der Waals surface area contributed by atoms with Crippen LogP contribution in [0.1, 0.15) is 46.3 Å². The molecule has 1 amide bonds. The number of benzene rings is 1. The maximum atomic E-state index is 14.0. The highest BCUT2D eigenvalue weighted by Gasteiger charge is 2.31. The van der Waals surface area contributed by atoms with Crippen LogP contribution in [0.2, 0.25) is 0 Å². The fraction of sp³-hybridized carbons (Fsp3) is 0.421. The van der Waals surface area contributed by atoms with Crippen molar-refractivity contribution in [3.63, 3.8) is 0 Å². The number of anilines is 1. The molecule has 0 bridgehead atoms. The number of carbonyl (C=O) groups is 3. The highest BCUT2D eigenvalue weighted by atomic mass is 19.1. The lowest BCUT2D eigenvalue weighted by Crippen LogP contribution is -2.36. The zero-order chi connectivity index (χ0) is 20.8. The number of nitrogens with one attached hydrogen (secondary N) is 1. The van der Waals surface area contributed by atoms with Gasteiger partial charge in [0.25, 0.3) is 5.56 Å². The number of fused-ring (bicyclic) bond motifs is 1. The van der Waals surface area contributed by atoms with Crippen LogP contribution in [0, 0.1) is 18.7 Å². The Morgan fingerprint density at radius 1 is 1.37 bits per heavy atom. The van der Waals surface area contributed by atoms with Crippen molar-refractivity contribution >= 4 is 34.1 Å². The van der Waals surface area contributed by atoms with E-state index in [9.17, 15) is 23.6 Å². The Morgan fingerprint density at radius 2 is 2.07 bits per heavy atom. The Bertz CT molecular complexity index is 1080. The number of Topliss-reactive ketones (excluding diaryl/α,β-unsaturated/α-hetero) is 2. The van der Waals surface area contributed by atoms with Crippen LogP contribution in [-0.2, 0) is 14.4 Å². The molecule has 1 N–H and O–H groups in total. The summed E-state index contributed by atoms with van der Waals surface area (Å²) in [6.07, 6.45) is -0.569. The molecule has 142 valence electrons. The summed E-state index contributed by atoms with van der Waals surface area (Å²) < 4.78 is 23.6. The van der Waals surface area contributed by atoms with Crippen molar-refractivity contribution in [2.45, 2.75) is 46.1 Å².